The van der Waals surface area contributed by atoms with Crippen LogP contribution in [0.4, 0.5) is 0 Å². The predicted molar refractivity (Wildman–Crippen MR) is 53.8 cm³/mol. The summed E-state index contributed by atoms with van der Waals surface area (Å²) < 4.78 is 9.42. The van der Waals surface area contributed by atoms with Gasteiger partial charge < -0.3 is 9.47 Å². The first-order valence-electron chi connectivity index (χ1n) is 4.16. The Bertz CT molecular complexity index is 342. The Hall–Kier alpha value is -1.77. The number of esters is 1. The monoisotopic (exact) mass is 192 g/mol. The van der Waals surface area contributed by atoms with E-state index in [9.17, 15) is 4.79 Å². The van der Waals surface area contributed by atoms with E-state index in [1.54, 1.807) is 25.3 Å². The Morgan fingerprint density at radius 3 is 2.64 bits per heavy atom. The quantitative estimate of drug-likeness (QED) is 0.543. The first kappa shape index (κ1) is 10.3. The minimum absolute atomic E-state index is 0.346. The molecule has 1 aromatic rings. The van der Waals surface area contributed by atoms with Crippen LogP contribution in [0.3, 0.4) is 0 Å². The highest BCUT2D eigenvalue weighted by atomic mass is 16.5. The van der Waals surface area contributed by atoms with E-state index >= 15 is 0 Å². The van der Waals surface area contributed by atoms with E-state index in [4.69, 9.17) is 4.74 Å². The highest BCUT2D eigenvalue weighted by Gasteiger charge is 2.07. The molecule has 74 valence electrons. The summed E-state index contributed by atoms with van der Waals surface area (Å²) in [5, 5.41) is 0. The van der Waals surface area contributed by atoms with Crippen LogP contribution in [0.15, 0.2) is 30.5 Å². The number of carbonyl (C=O) groups excluding carboxylic acids is 1. The fraction of sp³-hybridized carbons (Fsp3) is 0.182. The van der Waals surface area contributed by atoms with Crippen molar-refractivity contribution in [2.45, 2.75) is 0 Å². The van der Waals surface area contributed by atoms with Gasteiger partial charge in [-0.05, 0) is 17.7 Å². The van der Waals surface area contributed by atoms with Crippen molar-refractivity contribution in [1.29, 1.82) is 0 Å². The Labute approximate surface area is 83.0 Å². The summed E-state index contributed by atoms with van der Waals surface area (Å²) in [5.41, 5.74) is 1.31. The van der Waals surface area contributed by atoms with E-state index in [0.29, 0.717) is 5.56 Å². The van der Waals surface area contributed by atoms with Crippen LogP contribution in [0, 0.1) is 0 Å². The highest BCUT2D eigenvalue weighted by molar-refractivity contribution is 5.93. The summed E-state index contributed by atoms with van der Waals surface area (Å²) in [7, 11) is 2.91. The largest absolute Gasteiger partial charge is 0.504 e. The average Bonchev–Trinajstić information content (AvgIpc) is 2.25. The molecule has 0 unspecified atom stereocenters. The number of ether oxygens (including phenoxy) is 2. The van der Waals surface area contributed by atoms with Gasteiger partial charge in [-0.25, -0.2) is 4.79 Å². The zero-order valence-corrected chi connectivity index (χ0v) is 8.19. The van der Waals surface area contributed by atoms with Crippen LogP contribution in [-0.4, -0.2) is 20.2 Å². The van der Waals surface area contributed by atoms with Crippen LogP contribution in [-0.2, 0) is 9.47 Å². The van der Waals surface area contributed by atoms with Gasteiger partial charge in [0.15, 0.2) is 0 Å². The van der Waals surface area contributed by atoms with Crippen molar-refractivity contribution in [2.24, 2.45) is 0 Å². The second-order valence-electron chi connectivity index (χ2n) is 2.62. The third kappa shape index (κ3) is 2.36. The lowest BCUT2D eigenvalue weighted by atomic mass is 10.1. The van der Waals surface area contributed by atoms with Gasteiger partial charge in [0, 0.05) is 0 Å². The molecule has 0 spiro atoms. The molecule has 0 aliphatic heterocycles. The Morgan fingerprint density at radius 2 is 2.00 bits per heavy atom. The molecule has 1 aromatic carbocycles. The van der Waals surface area contributed by atoms with Crippen molar-refractivity contribution in [3.05, 3.63) is 41.7 Å². The van der Waals surface area contributed by atoms with Crippen molar-refractivity contribution in [2.75, 3.05) is 14.2 Å². The minimum atomic E-state index is -0.346. The molecule has 3 heteroatoms. The van der Waals surface area contributed by atoms with Gasteiger partial charge in [-0.2, -0.15) is 0 Å². The van der Waals surface area contributed by atoms with Crippen LogP contribution in [0.1, 0.15) is 15.9 Å². The van der Waals surface area contributed by atoms with Gasteiger partial charge in [0.25, 0.3) is 0 Å². The van der Waals surface area contributed by atoms with Gasteiger partial charge in [0.05, 0.1) is 26.0 Å². The zero-order chi connectivity index (χ0) is 10.4. The molecule has 0 aliphatic carbocycles. The van der Waals surface area contributed by atoms with Gasteiger partial charge in [-0.3, -0.25) is 0 Å². The second kappa shape index (κ2) is 5.07. The third-order valence-corrected chi connectivity index (χ3v) is 1.75. The summed E-state index contributed by atoms with van der Waals surface area (Å²) in [4.78, 5) is 11.3. The molecule has 0 amide bonds. The van der Waals surface area contributed by atoms with Crippen LogP contribution in [0.5, 0.6) is 0 Å². The molecule has 0 heterocycles. The summed E-state index contributed by atoms with van der Waals surface area (Å²) in [5.74, 6) is -0.346. The van der Waals surface area contributed by atoms with Gasteiger partial charge in [-0.1, -0.05) is 18.2 Å². The van der Waals surface area contributed by atoms with E-state index in [2.05, 4.69) is 4.74 Å². The number of methoxy groups -OCH3 is 2. The number of hydrogen-bond donors (Lipinski definition) is 0. The number of hydrogen-bond acceptors (Lipinski definition) is 3. The molecule has 0 saturated carbocycles. The van der Waals surface area contributed by atoms with Crippen molar-refractivity contribution in [3.63, 3.8) is 0 Å². The normalized spacial score (nSPS) is 10.1. The summed E-state index contributed by atoms with van der Waals surface area (Å²) in [6.07, 6.45) is 3.23. The molecule has 0 saturated heterocycles. The van der Waals surface area contributed by atoms with Gasteiger partial charge >= 0.3 is 5.97 Å². The number of benzene rings is 1. The maximum absolute atomic E-state index is 11.3. The topological polar surface area (TPSA) is 35.5 Å². The van der Waals surface area contributed by atoms with Gasteiger partial charge in [0.1, 0.15) is 0 Å². The molecule has 0 aliphatic rings. The van der Waals surface area contributed by atoms with E-state index in [1.165, 1.54) is 13.4 Å². The maximum atomic E-state index is 11.3. The SMILES string of the molecule is COC=Cc1ccccc1C(=O)OC. The van der Waals surface area contributed by atoms with Crippen molar-refractivity contribution < 1.29 is 14.3 Å². The van der Waals surface area contributed by atoms with E-state index < -0.39 is 0 Å². The number of carbonyl (C=O) groups is 1. The minimum Gasteiger partial charge on any atom is -0.504 e. The van der Waals surface area contributed by atoms with Crippen molar-refractivity contribution in [3.8, 4) is 0 Å². The summed E-state index contributed by atoms with van der Waals surface area (Å²) in [6, 6.07) is 7.17. The second-order valence-corrected chi connectivity index (χ2v) is 2.62. The standard InChI is InChI=1S/C11H12O3/c1-13-8-7-9-5-3-4-6-10(9)11(12)14-2/h3-8H,1-2H3. The van der Waals surface area contributed by atoms with Gasteiger partial charge in [-0.15, -0.1) is 0 Å². The summed E-state index contributed by atoms with van der Waals surface area (Å²) >= 11 is 0. The molecular formula is C11H12O3. The van der Waals surface area contributed by atoms with E-state index in [1.807, 2.05) is 12.1 Å². The van der Waals surface area contributed by atoms with Crippen LogP contribution >= 0.6 is 0 Å². The highest BCUT2D eigenvalue weighted by Crippen LogP contribution is 2.11. The Morgan fingerprint density at radius 1 is 1.29 bits per heavy atom. The van der Waals surface area contributed by atoms with Crippen molar-refractivity contribution >= 4 is 12.0 Å². The fourth-order valence-corrected chi connectivity index (χ4v) is 1.08. The molecular weight excluding hydrogens is 180 g/mol. The molecule has 0 aromatic heterocycles. The molecule has 1 rings (SSSR count). The molecule has 0 bridgehead atoms. The summed E-state index contributed by atoms with van der Waals surface area (Å²) in [6.45, 7) is 0. The lowest BCUT2D eigenvalue weighted by Gasteiger charge is -2.02. The van der Waals surface area contributed by atoms with Crippen LogP contribution < -0.4 is 0 Å². The van der Waals surface area contributed by atoms with Crippen LogP contribution in [0.2, 0.25) is 0 Å². The first-order chi connectivity index (χ1) is 6.79. The first-order valence-corrected chi connectivity index (χ1v) is 4.16. The molecule has 3 nitrogen and oxygen atoms in total. The Balaban J connectivity index is 3.03. The molecule has 0 N–H and O–H groups in total. The predicted octanol–water partition coefficient (Wildman–Crippen LogP) is 2.09. The maximum Gasteiger partial charge on any atom is 0.338 e. The molecule has 0 radical (unpaired) electrons. The van der Waals surface area contributed by atoms with E-state index in [-0.39, 0.29) is 5.97 Å². The van der Waals surface area contributed by atoms with Crippen molar-refractivity contribution in [1.82, 2.24) is 0 Å². The smallest absolute Gasteiger partial charge is 0.338 e. The lowest BCUT2D eigenvalue weighted by molar-refractivity contribution is 0.0600. The average molecular weight is 192 g/mol. The van der Waals surface area contributed by atoms with E-state index in [0.717, 1.165) is 5.56 Å². The molecule has 0 atom stereocenters. The lowest BCUT2D eigenvalue weighted by Crippen LogP contribution is -2.03. The number of rotatable bonds is 3. The van der Waals surface area contributed by atoms with Crippen LogP contribution in [0.25, 0.3) is 6.08 Å². The fourth-order valence-electron chi connectivity index (χ4n) is 1.08. The zero-order valence-electron chi connectivity index (χ0n) is 8.19. The third-order valence-electron chi connectivity index (χ3n) is 1.75. The molecule has 14 heavy (non-hydrogen) atoms. The Kier molecular flexibility index (Phi) is 3.73. The molecule has 0 fully saturated rings. The van der Waals surface area contributed by atoms with Gasteiger partial charge in [0.2, 0.25) is 0 Å².